The first-order valence-corrected chi connectivity index (χ1v) is 10.1. The van der Waals surface area contributed by atoms with E-state index in [4.69, 9.17) is 5.10 Å². The minimum absolute atomic E-state index is 0.0707. The number of benzene rings is 1. The van der Waals surface area contributed by atoms with E-state index in [-0.39, 0.29) is 24.2 Å². The van der Waals surface area contributed by atoms with E-state index in [1.54, 1.807) is 16.9 Å². The second-order valence-electron chi connectivity index (χ2n) is 7.77. The van der Waals surface area contributed by atoms with Crippen LogP contribution in [0.3, 0.4) is 0 Å². The van der Waals surface area contributed by atoms with Crippen molar-refractivity contribution in [3.63, 3.8) is 0 Å². The standard InChI is InChI=1S/C21H21F2N7O/c1-13(22)11-28-12-16(25-27-28)18-10-24-20-6-7-21(26-30(18)20)29-8-2-3-17(29)15-9-14(23)4-5-19(15)31/h4-7,9-10,12-13,17,31H,2-3,8,11H2,1H3/t13-,17-/m1/s1. The molecule has 0 radical (unpaired) electrons. The van der Waals surface area contributed by atoms with E-state index >= 15 is 0 Å². The summed E-state index contributed by atoms with van der Waals surface area (Å²) in [7, 11) is 0. The highest BCUT2D eigenvalue weighted by atomic mass is 19.1. The molecular weight excluding hydrogens is 404 g/mol. The lowest BCUT2D eigenvalue weighted by Gasteiger charge is -2.26. The van der Waals surface area contributed by atoms with Gasteiger partial charge in [0.05, 0.1) is 25.0 Å². The Morgan fingerprint density at radius 3 is 2.97 bits per heavy atom. The SMILES string of the molecule is C[C@@H](F)Cn1cc(-c2cnc3ccc(N4CCC[C@@H]4c4cc(F)ccc4O)nn23)nn1. The van der Waals surface area contributed by atoms with Gasteiger partial charge in [0.25, 0.3) is 0 Å². The Hall–Kier alpha value is -3.56. The number of aromatic nitrogens is 6. The first kappa shape index (κ1) is 19.4. The molecule has 0 amide bonds. The van der Waals surface area contributed by atoms with Crippen molar-refractivity contribution >= 4 is 11.5 Å². The van der Waals surface area contributed by atoms with Crippen LogP contribution in [0.2, 0.25) is 0 Å². The summed E-state index contributed by atoms with van der Waals surface area (Å²) in [4.78, 5) is 6.43. The number of phenolic OH excluding ortho intramolecular Hbond substituents is 1. The third-order valence-corrected chi connectivity index (χ3v) is 5.48. The number of fused-ring (bicyclic) bond motifs is 1. The van der Waals surface area contributed by atoms with E-state index in [1.165, 1.54) is 29.8 Å². The van der Waals surface area contributed by atoms with Gasteiger partial charge in [-0.15, -0.1) is 10.2 Å². The molecule has 5 rings (SSSR count). The molecule has 31 heavy (non-hydrogen) atoms. The van der Waals surface area contributed by atoms with Crippen LogP contribution in [-0.2, 0) is 6.54 Å². The van der Waals surface area contributed by atoms with E-state index in [9.17, 15) is 13.9 Å². The molecule has 1 aromatic carbocycles. The Balaban J connectivity index is 1.51. The quantitative estimate of drug-likeness (QED) is 0.527. The predicted molar refractivity (Wildman–Crippen MR) is 110 cm³/mol. The smallest absolute Gasteiger partial charge is 0.154 e. The zero-order valence-corrected chi connectivity index (χ0v) is 16.9. The molecule has 4 aromatic rings. The minimum Gasteiger partial charge on any atom is -0.508 e. The van der Waals surface area contributed by atoms with Crippen LogP contribution in [0.5, 0.6) is 5.75 Å². The van der Waals surface area contributed by atoms with Gasteiger partial charge in [-0.3, -0.25) is 0 Å². The summed E-state index contributed by atoms with van der Waals surface area (Å²) in [5, 5.41) is 23.1. The lowest BCUT2D eigenvalue weighted by atomic mass is 10.0. The molecule has 0 aliphatic carbocycles. The molecule has 1 aliphatic rings. The van der Waals surface area contributed by atoms with E-state index in [0.717, 1.165) is 19.4 Å². The summed E-state index contributed by atoms with van der Waals surface area (Å²) in [6, 6.07) is 7.54. The molecule has 3 aromatic heterocycles. The van der Waals surface area contributed by atoms with Crippen LogP contribution in [-0.4, -0.2) is 47.4 Å². The van der Waals surface area contributed by atoms with Crippen molar-refractivity contribution in [3.05, 3.63) is 54.1 Å². The Morgan fingerprint density at radius 1 is 1.26 bits per heavy atom. The van der Waals surface area contributed by atoms with Crippen molar-refractivity contribution in [2.45, 2.75) is 38.5 Å². The Labute approximate surface area is 176 Å². The number of hydrogen-bond donors (Lipinski definition) is 1. The lowest BCUT2D eigenvalue weighted by molar-refractivity contribution is 0.306. The fourth-order valence-corrected chi connectivity index (χ4v) is 4.11. The van der Waals surface area contributed by atoms with Gasteiger partial charge in [0.1, 0.15) is 34.9 Å². The number of rotatable bonds is 5. The molecule has 160 valence electrons. The molecule has 0 spiro atoms. The molecule has 2 atom stereocenters. The molecule has 1 saturated heterocycles. The molecule has 8 nitrogen and oxygen atoms in total. The van der Waals surface area contributed by atoms with Crippen molar-refractivity contribution < 1.29 is 13.9 Å². The maximum absolute atomic E-state index is 13.8. The summed E-state index contributed by atoms with van der Waals surface area (Å²) < 4.78 is 30.2. The zero-order valence-electron chi connectivity index (χ0n) is 16.9. The molecule has 1 fully saturated rings. The van der Waals surface area contributed by atoms with Gasteiger partial charge in [-0.1, -0.05) is 5.21 Å². The monoisotopic (exact) mass is 425 g/mol. The van der Waals surface area contributed by atoms with Gasteiger partial charge in [0.15, 0.2) is 5.65 Å². The maximum atomic E-state index is 13.8. The number of alkyl halides is 1. The summed E-state index contributed by atoms with van der Waals surface area (Å²) in [5.41, 5.74) is 2.36. The average Bonchev–Trinajstić information content (AvgIpc) is 3.47. The van der Waals surface area contributed by atoms with Crippen molar-refractivity contribution in [1.29, 1.82) is 0 Å². The predicted octanol–water partition coefficient (Wildman–Crippen LogP) is 3.53. The summed E-state index contributed by atoms with van der Waals surface area (Å²) in [6.07, 6.45) is 3.96. The molecule has 4 heterocycles. The van der Waals surface area contributed by atoms with Crippen molar-refractivity contribution in [1.82, 2.24) is 29.6 Å². The van der Waals surface area contributed by atoms with Gasteiger partial charge >= 0.3 is 0 Å². The fourth-order valence-electron chi connectivity index (χ4n) is 4.11. The molecule has 1 N–H and O–H groups in total. The third kappa shape index (κ3) is 3.58. The van der Waals surface area contributed by atoms with Crippen LogP contribution < -0.4 is 4.90 Å². The zero-order chi connectivity index (χ0) is 21.5. The van der Waals surface area contributed by atoms with Gasteiger partial charge in [-0.25, -0.2) is 23.0 Å². The Kier molecular flexibility index (Phi) is 4.76. The summed E-state index contributed by atoms with van der Waals surface area (Å²) in [6.45, 7) is 2.31. The average molecular weight is 425 g/mol. The minimum atomic E-state index is -1.03. The van der Waals surface area contributed by atoms with Crippen LogP contribution >= 0.6 is 0 Å². The topological polar surface area (TPSA) is 84.4 Å². The van der Waals surface area contributed by atoms with Crippen molar-refractivity contribution in [3.8, 4) is 17.1 Å². The second kappa shape index (κ2) is 7.60. The van der Waals surface area contributed by atoms with Crippen molar-refractivity contribution in [2.24, 2.45) is 0 Å². The highest BCUT2D eigenvalue weighted by Gasteiger charge is 2.30. The number of nitrogens with zero attached hydrogens (tertiary/aromatic N) is 7. The van der Waals surface area contributed by atoms with Gasteiger partial charge in [-0.2, -0.15) is 0 Å². The van der Waals surface area contributed by atoms with E-state index in [0.29, 0.717) is 28.4 Å². The van der Waals surface area contributed by atoms with E-state index in [2.05, 4.69) is 20.2 Å². The first-order chi connectivity index (χ1) is 15.0. The molecule has 0 unspecified atom stereocenters. The normalized spacial score (nSPS) is 17.5. The van der Waals surface area contributed by atoms with Crippen LogP contribution in [0.15, 0.2) is 42.7 Å². The summed E-state index contributed by atoms with van der Waals surface area (Å²) in [5.74, 6) is 0.370. The third-order valence-electron chi connectivity index (χ3n) is 5.48. The van der Waals surface area contributed by atoms with Crippen LogP contribution in [0.25, 0.3) is 17.0 Å². The van der Waals surface area contributed by atoms with Gasteiger partial charge < -0.3 is 10.0 Å². The first-order valence-electron chi connectivity index (χ1n) is 10.1. The molecule has 0 bridgehead atoms. The number of imidazole rings is 1. The maximum Gasteiger partial charge on any atom is 0.154 e. The largest absolute Gasteiger partial charge is 0.508 e. The number of halogens is 2. The van der Waals surface area contributed by atoms with Crippen LogP contribution in [0.1, 0.15) is 31.4 Å². The van der Waals surface area contributed by atoms with Gasteiger partial charge in [0.2, 0.25) is 0 Å². The fraction of sp³-hybridized carbons (Fsp3) is 0.333. The lowest BCUT2D eigenvalue weighted by Crippen LogP contribution is -2.24. The molecule has 10 heteroatoms. The van der Waals surface area contributed by atoms with Crippen LogP contribution in [0.4, 0.5) is 14.6 Å². The Bertz CT molecular complexity index is 1240. The van der Waals surface area contributed by atoms with Gasteiger partial charge in [0, 0.05) is 12.1 Å². The molecule has 1 aliphatic heterocycles. The van der Waals surface area contributed by atoms with Gasteiger partial charge in [-0.05, 0) is 50.1 Å². The highest BCUT2D eigenvalue weighted by molar-refractivity contribution is 5.60. The number of anilines is 1. The number of aromatic hydroxyl groups is 1. The molecular formula is C21H21F2N7O. The number of hydrogen-bond acceptors (Lipinski definition) is 6. The second-order valence-corrected chi connectivity index (χ2v) is 7.77. The highest BCUT2D eigenvalue weighted by Crippen LogP contribution is 2.39. The summed E-state index contributed by atoms with van der Waals surface area (Å²) >= 11 is 0. The molecule has 0 saturated carbocycles. The van der Waals surface area contributed by atoms with Crippen molar-refractivity contribution in [2.75, 3.05) is 11.4 Å². The van der Waals surface area contributed by atoms with E-state index in [1.807, 2.05) is 12.1 Å². The number of phenols is 1. The van der Waals surface area contributed by atoms with E-state index < -0.39 is 6.17 Å². The van der Waals surface area contributed by atoms with Crippen LogP contribution in [0, 0.1) is 5.82 Å². The Morgan fingerprint density at radius 2 is 2.13 bits per heavy atom.